The van der Waals surface area contributed by atoms with Crippen LogP contribution in [0.4, 0.5) is 0 Å². The number of thiophene rings is 1. The van der Waals surface area contributed by atoms with Gasteiger partial charge in [-0.25, -0.2) is 0 Å². The van der Waals surface area contributed by atoms with Gasteiger partial charge in [-0.3, -0.25) is 9.59 Å². The van der Waals surface area contributed by atoms with Crippen LogP contribution in [0.5, 0.6) is 0 Å². The van der Waals surface area contributed by atoms with Crippen LogP contribution in [-0.2, 0) is 20.9 Å². The lowest BCUT2D eigenvalue weighted by Gasteiger charge is -2.20. The van der Waals surface area contributed by atoms with E-state index in [9.17, 15) is 9.59 Å². The molecule has 27 heavy (non-hydrogen) atoms. The lowest BCUT2D eigenvalue weighted by atomic mass is 10.3. The van der Waals surface area contributed by atoms with Gasteiger partial charge in [-0.1, -0.05) is 30.0 Å². The van der Waals surface area contributed by atoms with Gasteiger partial charge in [0, 0.05) is 19.6 Å². The monoisotopic (exact) mass is 408 g/mol. The molecular weight excluding hydrogens is 384 g/mol. The SMILES string of the molecule is C=C(C)CN(CC)C(=O)COC(=O)CSc1nnc(-c2cccs2)n1CC. The Labute approximate surface area is 167 Å². The maximum atomic E-state index is 12.1. The van der Waals surface area contributed by atoms with Crippen LogP contribution < -0.4 is 0 Å². The van der Waals surface area contributed by atoms with Crippen LogP contribution in [0, 0.1) is 0 Å². The Bertz CT molecular complexity index is 787. The van der Waals surface area contributed by atoms with Crippen LogP contribution in [-0.4, -0.2) is 57.0 Å². The highest BCUT2D eigenvalue weighted by Gasteiger charge is 2.17. The van der Waals surface area contributed by atoms with E-state index in [0.29, 0.717) is 24.8 Å². The molecule has 0 atom stereocenters. The van der Waals surface area contributed by atoms with Crippen LogP contribution in [0.25, 0.3) is 10.7 Å². The Balaban J connectivity index is 1.87. The summed E-state index contributed by atoms with van der Waals surface area (Å²) in [6, 6.07) is 3.95. The van der Waals surface area contributed by atoms with Gasteiger partial charge in [0.05, 0.1) is 10.6 Å². The average Bonchev–Trinajstić information content (AvgIpc) is 3.30. The number of likely N-dealkylation sites (N-methyl/N-ethyl adjacent to an activating group) is 1. The van der Waals surface area contributed by atoms with Gasteiger partial charge in [-0.05, 0) is 32.2 Å². The Kier molecular flexibility index (Phi) is 8.05. The fraction of sp³-hybridized carbons (Fsp3) is 0.444. The van der Waals surface area contributed by atoms with Gasteiger partial charge in [-0.15, -0.1) is 21.5 Å². The summed E-state index contributed by atoms with van der Waals surface area (Å²) >= 11 is 2.85. The van der Waals surface area contributed by atoms with Crippen molar-refractivity contribution >= 4 is 35.0 Å². The van der Waals surface area contributed by atoms with Gasteiger partial charge in [-0.2, -0.15) is 0 Å². The minimum Gasteiger partial charge on any atom is -0.455 e. The van der Waals surface area contributed by atoms with Crippen molar-refractivity contribution < 1.29 is 14.3 Å². The number of nitrogens with zero attached hydrogens (tertiary/aromatic N) is 4. The minimum atomic E-state index is -0.456. The molecule has 0 radical (unpaired) electrons. The molecule has 0 N–H and O–H groups in total. The predicted molar refractivity (Wildman–Crippen MR) is 108 cm³/mol. The zero-order chi connectivity index (χ0) is 19.8. The molecule has 2 heterocycles. The predicted octanol–water partition coefficient (Wildman–Crippen LogP) is 3.09. The van der Waals surface area contributed by atoms with Crippen LogP contribution in [0.15, 0.2) is 34.8 Å². The molecule has 0 aliphatic heterocycles. The van der Waals surface area contributed by atoms with Crippen LogP contribution in [0.1, 0.15) is 20.8 Å². The molecule has 0 spiro atoms. The highest BCUT2D eigenvalue weighted by molar-refractivity contribution is 7.99. The second kappa shape index (κ2) is 10.3. The number of hydrogen-bond donors (Lipinski definition) is 0. The maximum absolute atomic E-state index is 12.1. The van der Waals surface area contributed by atoms with E-state index in [0.717, 1.165) is 16.3 Å². The number of rotatable bonds is 10. The van der Waals surface area contributed by atoms with Crippen molar-refractivity contribution in [1.82, 2.24) is 19.7 Å². The molecule has 0 bridgehead atoms. The smallest absolute Gasteiger partial charge is 0.316 e. The van der Waals surface area contributed by atoms with E-state index in [1.54, 1.807) is 16.2 Å². The van der Waals surface area contributed by atoms with Crippen molar-refractivity contribution in [2.24, 2.45) is 0 Å². The summed E-state index contributed by atoms with van der Waals surface area (Å²) in [4.78, 5) is 26.7. The molecule has 0 saturated heterocycles. The van der Waals surface area contributed by atoms with Crippen LogP contribution in [0.2, 0.25) is 0 Å². The largest absolute Gasteiger partial charge is 0.455 e. The number of carbonyl (C=O) groups excluding carboxylic acids is 2. The zero-order valence-corrected chi connectivity index (χ0v) is 17.4. The second-order valence-electron chi connectivity index (χ2n) is 5.84. The van der Waals surface area contributed by atoms with E-state index in [1.165, 1.54) is 11.8 Å². The first-order chi connectivity index (χ1) is 13.0. The molecule has 2 rings (SSSR count). The molecular formula is C18H24N4O3S2. The molecule has 0 saturated carbocycles. The molecule has 9 heteroatoms. The molecule has 0 unspecified atom stereocenters. The van der Waals surface area contributed by atoms with E-state index in [1.807, 2.05) is 42.9 Å². The number of ether oxygens (including phenoxy) is 1. The van der Waals surface area contributed by atoms with Crippen molar-refractivity contribution in [2.45, 2.75) is 32.5 Å². The number of hydrogen-bond acceptors (Lipinski definition) is 7. The van der Waals surface area contributed by atoms with Crippen molar-refractivity contribution in [1.29, 1.82) is 0 Å². The third-order valence-electron chi connectivity index (χ3n) is 3.65. The highest BCUT2D eigenvalue weighted by Crippen LogP contribution is 2.27. The molecule has 7 nitrogen and oxygen atoms in total. The average molecular weight is 409 g/mol. The first-order valence-corrected chi connectivity index (χ1v) is 10.5. The summed E-state index contributed by atoms with van der Waals surface area (Å²) < 4.78 is 7.07. The number of aromatic nitrogens is 3. The van der Waals surface area contributed by atoms with Crippen molar-refractivity contribution in [3.63, 3.8) is 0 Å². The van der Waals surface area contributed by atoms with Gasteiger partial charge in [0.25, 0.3) is 5.91 Å². The molecule has 2 aromatic rings. The first kappa shape index (κ1) is 21.2. The molecule has 0 fully saturated rings. The topological polar surface area (TPSA) is 77.3 Å². The second-order valence-corrected chi connectivity index (χ2v) is 7.73. The van der Waals surface area contributed by atoms with Crippen LogP contribution >= 0.6 is 23.1 Å². The molecule has 1 amide bonds. The Morgan fingerprint density at radius 3 is 2.74 bits per heavy atom. The van der Waals surface area contributed by atoms with E-state index in [2.05, 4.69) is 16.8 Å². The van der Waals surface area contributed by atoms with E-state index < -0.39 is 5.97 Å². The first-order valence-electron chi connectivity index (χ1n) is 8.63. The van der Waals surface area contributed by atoms with Crippen molar-refractivity contribution in [3.05, 3.63) is 29.7 Å². The molecule has 0 aliphatic rings. The van der Waals surface area contributed by atoms with E-state index >= 15 is 0 Å². The third kappa shape index (κ3) is 5.93. The summed E-state index contributed by atoms with van der Waals surface area (Å²) in [5.74, 6) is 0.179. The molecule has 0 aliphatic carbocycles. The minimum absolute atomic E-state index is 0.0719. The zero-order valence-electron chi connectivity index (χ0n) is 15.8. The summed E-state index contributed by atoms with van der Waals surface area (Å²) in [5.41, 5.74) is 0.882. The van der Waals surface area contributed by atoms with Gasteiger partial charge in [0.2, 0.25) is 0 Å². The van der Waals surface area contributed by atoms with Gasteiger partial charge in [0.15, 0.2) is 17.6 Å². The third-order valence-corrected chi connectivity index (χ3v) is 5.45. The number of carbonyl (C=O) groups is 2. The van der Waals surface area contributed by atoms with E-state index in [-0.39, 0.29) is 18.3 Å². The Hall–Kier alpha value is -2.13. The number of esters is 1. The molecule has 0 aromatic carbocycles. The number of thioether (sulfide) groups is 1. The molecule has 2 aromatic heterocycles. The highest BCUT2D eigenvalue weighted by atomic mass is 32.2. The Morgan fingerprint density at radius 1 is 1.37 bits per heavy atom. The van der Waals surface area contributed by atoms with E-state index in [4.69, 9.17) is 4.74 Å². The summed E-state index contributed by atoms with van der Waals surface area (Å²) in [5, 5.41) is 11.0. The lowest BCUT2D eigenvalue weighted by Crippen LogP contribution is -2.35. The van der Waals surface area contributed by atoms with Crippen molar-refractivity contribution in [2.75, 3.05) is 25.4 Å². The van der Waals surface area contributed by atoms with Gasteiger partial charge in [0.1, 0.15) is 0 Å². The number of amides is 1. The van der Waals surface area contributed by atoms with Gasteiger partial charge < -0.3 is 14.2 Å². The van der Waals surface area contributed by atoms with Gasteiger partial charge >= 0.3 is 5.97 Å². The summed E-state index contributed by atoms with van der Waals surface area (Å²) in [7, 11) is 0. The molecule has 146 valence electrons. The van der Waals surface area contributed by atoms with Crippen molar-refractivity contribution in [3.8, 4) is 10.7 Å². The quantitative estimate of drug-likeness (QED) is 0.342. The fourth-order valence-corrected chi connectivity index (χ4v) is 3.89. The normalized spacial score (nSPS) is 10.6. The van der Waals surface area contributed by atoms with Crippen LogP contribution in [0.3, 0.4) is 0 Å². The lowest BCUT2D eigenvalue weighted by molar-refractivity contribution is -0.149. The Morgan fingerprint density at radius 2 is 2.15 bits per heavy atom. The summed E-state index contributed by atoms with van der Waals surface area (Å²) in [6.45, 7) is 11.0. The maximum Gasteiger partial charge on any atom is 0.316 e. The summed E-state index contributed by atoms with van der Waals surface area (Å²) in [6.07, 6.45) is 0. The standard InChI is InChI=1S/C18H24N4O3S2/c1-5-21(10-13(3)4)15(23)11-25-16(24)12-27-18-20-19-17(22(18)6-2)14-8-7-9-26-14/h7-9H,3,5-6,10-12H2,1-2,4H3. The fourth-order valence-electron chi connectivity index (χ4n) is 2.37.